The standard InChI is InChI=1S/C18H17N3O3S/c1-23-10-11-24-15-8-6-13(7-9-15)17(22)21-18(25)20-16-5-3-2-4-14(16)12-19/h2-9H,10-11H2,1H3,(H2,20,21,22,25). The number of carbonyl (C=O) groups is 1. The SMILES string of the molecule is COCCOc1ccc(C(=O)NC(=S)Nc2ccccc2C#N)cc1. The third-order valence-corrected chi connectivity index (χ3v) is 3.40. The van der Waals surface area contributed by atoms with Crippen LogP contribution in [0.15, 0.2) is 48.5 Å². The summed E-state index contributed by atoms with van der Waals surface area (Å²) in [5.74, 6) is 0.299. The summed E-state index contributed by atoms with van der Waals surface area (Å²) in [6.07, 6.45) is 0. The van der Waals surface area contributed by atoms with E-state index in [9.17, 15) is 4.79 Å². The summed E-state index contributed by atoms with van der Waals surface area (Å²) in [4.78, 5) is 12.2. The van der Waals surface area contributed by atoms with Crippen molar-refractivity contribution in [1.29, 1.82) is 5.26 Å². The molecule has 0 bridgehead atoms. The number of nitrogens with zero attached hydrogens (tertiary/aromatic N) is 1. The fraction of sp³-hybridized carbons (Fsp3) is 0.167. The molecule has 2 aromatic rings. The van der Waals surface area contributed by atoms with Gasteiger partial charge in [0.1, 0.15) is 18.4 Å². The van der Waals surface area contributed by atoms with E-state index in [0.29, 0.717) is 35.8 Å². The largest absolute Gasteiger partial charge is 0.491 e. The Bertz CT molecular complexity index is 785. The molecule has 2 aromatic carbocycles. The molecule has 0 radical (unpaired) electrons. The summed E-state index contributed by atoms with van der Waals surface area (Å²) in [5.41, 5.74) is 1.42. The molecule has 2 rings (SSSR count). The number of hydrogen-bond donors (Lipinski definition) is 2. The second-order valence-corrected chi connectivity index (χ2v) is 5.34. The Labute approximate surface area is 151 Å². The summed E-state index contributed by atoms with van der Waals surface area (Å²) < 4.78 is 10.3. The molecule has 25 heavy (non-hydrogen) atoms. The summed E-state index contributed by atoms with van der Waals surface area (Å²) in [7, 11) is 1.60. The molecule has 0 saturated carbocycles. The van der Waals surface area contributed by atoms with Gasteiger partial charge in [0.15, 0.2) is 5.11 Å². The number of thiocarbonyl (C=S) groups is 1. The van der Waals surface area contributed by atoms with Gasteiger partial charge in [0.25, 0.3) is 5.91 Å². The number of nitrogens with one attached hydrogen (secondary N) is 2. The molecule has 0 atom stereocenters. The van der Waals surface area contributed by atoms with Gasteiger partial charge in [0.2, 0.25) is 0 Å². The van der Waals surface area contributed by atoms with E-state index in [2.05, 4.69) is 16.7 Å². The van der Waals surface area contributed by atoms with Gasteiger partial charge in [-0.05, 0) is 48.6 Å². The Morgan fingerprint density at radius 1 is 1.16 bits per heavy atom. The van der Waals surface area contributed by atoms with Crippen LogP contribution >= 0.6 is 12.2 Å². The molecular formula is C18H17N3O3S. The first-order valence-electron chi connectivity index (χ1n) is 7.47. The number of hydrogen-bond acceptors (Lipinski definition) is 5. The van der Waals surface area contributed by atoms with Crippen molar-refractivity contribution >= 4 is 28.9 Å². The van der Waals surface area contributed by atoms with E-state index in [1.165, 1.54) is 0 Å². The first-order valence-corrected chi connectivity index (χ1v) is 7.88. The van der Waals surface area contributed by atoms with E-state index in [-0.39, 0.29) is 11.0 Å². The van der Waals surface area contributed by atoms with Crippen LogP contribution in [0.3, 0.4) is 0 Å². The molecule has 2 N–H and O–H groups in total. The minimum absolute atomic E-state index is 0.119. The monoisotopic (exact) mass is 355 g/mol. The van der Waals surface area contributed by atoms with Crippen LogP contribution in [0.1, 0.15) is 15.9 Å². The lowest BCUT2D eigenvalue weighted by atomic mass is 10.2. The normalized spacial score (nSPS) is 9.76. The van der Waals surface area contributed by atoms with E-state index >= 15 is 0 Å². The molecular weight excluding hydrogens is 338 g/mol. The van der Waals surface area contributed by atoms with Gasteiger partial charge in [-0.1, -0.05) is 12.1 Å². The molecule has 0 aliphatic carbocycles. The van der Waals surface area contributed by atoms with Crippen molar-refractivity contribution in [2.75, 3.05) is 25.6 Å². The van der Waals surface area contributed by atoms with Crippen LogP contribution in [0.2, 0.25) is 0 Å². The average Bonchev–Trinajstić information content (AvgIpc) is 2.63. The van der Waals surface area contributed by atoms with Gasteiger partial charge in [-0.3, -0.25) is 10.1 Å². The molecule has 6 nitrogen and oxygen atoms in total. The lowest BCUT2D eigenvalue weighted by Crippen LogP contribution is -2.34. The highest BCUT2D eigenvalue weighted by molar-refractivity contribution is 7.80. The number of anilines is 1. The fourth-order valence-corrected chi connectivity index (χ4v) is 2.17. The maximum absolute atomic E-state index is 12.2. The number of carbonyl (C=O) groups excluding carboxylic acids is 1. The molecule has 0 fully saturated rings. The van der Waals surface area contributed by atoms with Gasteiger partial charge in [-0.15, -0.1) is 0 Å². The molecule has 0 unspecified atom stereocenters. The molecule has 0 aliphatic heterocycles. The Kier molecular flexibility index (Phi) is 6.89. The van der Waals surface area contributed by atoms with Crippen molar-refractivity contribution in [2.24, 2.45) is 0 Å². The van der Waals surface area contributed by atoms with Crippen LogP contribution in [-0.4, -0.2) is 31.3 Å². The molecule has 7 heteroatoms. The zero-order valence-electron chi connectivity index (χ0n) is 13.6. The predicted molar refractivity (Wildman–Crippen MR) is 98.7 cm³/mol. The molecule has 0 spiro atoms. The summed E-state index contributed by atoms with van der Waals surface area (Å²) in [6.45, 7) is 0.931. The molecule has 0 saturated heterocycles. The highest BCUT2D eigenvalue weighted by Crippen LogP contribution is 2.14. The zero-order chi connectivity index (χ0) is 18.1. The lowest BCUT2D eigenvalue weighted by Gasteiger charge is -2.11. The van der Waals surface area contributed by atoms with E-state index in [1.807, 2.05) is 0 Å². The summed E-state index contributed by atoms with van der Waals surface area (Å²) in [6, 6.07) is 15.6. The second kappa shape index (κ2) is 9.37. The number of methoxy groups -OCH3 is 1. The smallest absolute Gasteiger partial charge is 0.257 e. The van der Waals surface area contributed by atoms with Crippen molar-refractivity contribution in [3.63, 3.8) is 0 Å². The van der Waals surface area contributed by atoms with Crippen LogP contribution in [0, 0.1) is 11.3 Å². The van der Waals surface area contributed by atoms with Crippen molar-refractivity contribution in [3.05, 3.63) is 59.7 Å². The Hall–Kier alpha value is -2.95. The molecule has 0 heterocycles. The minimum atomic E-state index is -0.351. The predicted octanol–water partition coefficient (Wildman–Crippen LogP) is 2.71. The van der Waals surface area contributed by atoms with Crippen molar-refractivity contribution < 1.29 is 14.3 Å². The van der Waals surface area contributed by atoms with Crippen LogP contribution in [-0.2, 0) is 4.74 Å². The van der Waals surface area contributed by atoms with Crippen molar-refractivity contribution in [3.8, 4) is 11.8 Å². The summed E-state index contributed by atoms with van der Waals surface area (Å²) >= 11 is 5.13. The topological polar surface area (TPSA) is 83.4 Å². The van der Waals surface area contributed by atoms with E-state index in [1.54, 1.807) is 55.6 Å². The minimum Gasteiger partial charge on any atom is -0.491 e. The van der Waals surface area contributed by atoms with E-state index in [0.717, 1.165) is 0 Å². The highest BCUT2D eigenvalue weighted by atomic mass is 32.1. The van der Waals surface area contributed by atoms with Crippen LogP contribution in [0.4, 0.5) is 5.69 Å². The quantitative estimate of drug-likeness (QED) is 0.612. The Morgan fingerprint density at radius 3 is 2.56 bits per heavy atom. The average molecular weight is 355 g/mol. The van der Waals surface area contributed by atoms with Gasteiger partial charge in [-0.25, -0.2) is 0 Å². The molecule has 1 amide bonds. The van der Waals surface area contributed by atoms with Crippen LogP contribution < -0.4 is 15.4 Å². The van der Waals surface area contributed by atoms with Gasteiger partial charge in [-0.2, -0.15) is 5.26 Å². The first kappa shape index (κ1) is 18.4. The van der Waals surface area contributed by atoms with Gasteiger partial charge < -0.3 is 14.8 Å². The van der Waals surface area contributed by atoms with Crippen molar-refractivity contribution in [2.45, 2.75) is 0 Å². The summed E-state index contributed by atoms with van der Waals surface area (Å²) in [5, 5.41) is 14.6. The number of benzene rings is 2. The van der Waals surface area contributed by atoms with Gasteiger partial charge in [0, 0.05) is 12.7 Å². The second-order valence-electron chi connectivity index (χ2n) is 4.93. The van der Waals surface area contributed by atoms with Crippen LogP contribution in [0.5, 0.6) is 5.75 Å². The van der Waals surface area contributed by atoms with Crippen LogP contribution in [0.25, 0.3) is 0 Å². The van der Waals surface area contributed by atoms with Crippen molar-refractivity contribution in [1.82, 2.24) is 5.32 Å². The van der Waals surface area contributed by atoms with E-state index in [4.69, 9.17) is 27.0 Å². The molecule has 0 aliphatic rings. The number of rotatable bonds is 6. The maximum Gasteiger partial charge on any atom is 0.257 e. The van der Waals surface area contributed by atoms with Gasteiger partial charge >= 0.3 is 0 Å². The molecule has 0 aromatic heterocycles. The fourth-order valence-electron chi connectivity index (χ4n) is 1.96. The highest BCUT2D eigenvalue weighted by Gasteiger charge is 2.09. The number of para-hydroxylation sites is 1. The number of nitriles is 1. The lowest BCUT2D eigenvalue weighted by molar-refractivity contribution is 0.0977. The first-order chi connectivity index (χ1) is 12.1. The number of ether oxygens (including phenoxy) is 2. The Morgan fingerprint density at radius 2 is 1.88 bits per heavy atom. The Balaban J connectivity index is 1.92. The zero-order valence-corrected chi connectivity index (χ0v) is 14.4. The maximum atomic E-state index is 12.2. The third-order valence-electron chi connectivity index (χ3n) is 3.20. The molecule has 128 valence electrons. The van der Waals surface area contributed by atoms with Gasteiger partial charge in [0.05, 0.1) is 17.9 Å². The van der Waals surface area contributed by atoms with E-state index < -0.39 is 0 Å². The number of amides is 1. The third kappa shape index (κ3) is 5.57.